The lowest BCUT2D eigenvalue weighted by Crippen LogP contribution is -2.02. The highest BCUT2D eigenvalue weighted by atomic mass is 79.9. The summed E-state index contributed by atoms with van der Waals surface area (Å²) in [6.45, 7) is 0. The van der Waals surface area contributed by atoms with E-state index in [-0.39, 0.29) is 16.6 Å². The van der Waals surface area contributed by atoms with Gasteiger partial charge < -0.3 is 5.11 Å². The van der Waals surface area contributed by atoms with Crippen molar-refractivity contribution in [3.8, 4) is 5.75 Å². The normalized spacial score (nSPS) is 10.0. The lowest BCUT2D eigenvalue weighted by molar-refractivity contribution is -0.115. The van der Waals surface area contributed by atoms with E-state index in [1.54, 1.807) is 12.1 Å². The molecule has 0 atom stereocenters. The summed E-state index contributed by atoms with van der Waals surface area (Å²) >= 11 is 8.74. The Morgan fingerprint density at radius 3 is 2.77 bits per heavy atom. The summed E-state index contributed by atoms with van der Waals surface area (Å²) in [5.74, 6) is 0.124. The second-order valence-electron chi connectivity index (χ2n) is 2.63. The third-order valence-electron chi connectivity index (χ3n) is 1.56. The molecule has 0 fully saturated rings. The van der Waals surface area contributed by atoms with E-state index in [2.05, 4.69) is 15.9 Å². The number of carbonyl (C=O) groups is 1. The minimum Gasteiger partial charge on any atom is -0.506 e. The number of aromatic hydroxyl groups is 1. The number of rotatable bonds is 3. The molecule has 2 nitrogen and oxygen atoms in total. The van der Waals surface area contributed by atoms with Crippen LogP contribution in [0.3, 0.4) is 0 Å². The van der Waals surface area contributed by atoms with Gasteiger partial charge >= 0.3 is 0 Å². The first kappa shape index (κ1) is 10.5. The SMILES string of the molecule is O=C(CBr)Cc1ccc(O)c(Cl)c1. The van der Waals surface area contributed by atoms with Crippen molar-refractivity contribution in [2.45, 2.75) is 6.42 Å². The molecular weight excluding hydrogens is 255 g/mol. The summed E-state index contributed by atoms with van der Waals surface area (Å²) in [5, 5.41) is 9.73. The Kier molecular flexibility index (Phi) is 3.75. The van der Waals surface area contributed by atoms with Gasteiger partial charge in [0.2, 0.25) is 0 Å². The van der Waals surface area contributed by atoms with Crippen molar-refractivity contribution in [3.05, 3.63) is 28.8 Å². The Morgan fingerprint density at radius 2 is 2.23 bits per heavy atom. The smallest absolute Gasteiger partial charge is 0.147 e. The number of hydrogen-bond donors (Lipinski definition) is 1. The average molecular weight is 264 g/mol. The van der Waals surface area contributed by atoms with Gasteiger partial charge in [0.25, 0.3) is 0 Å². The van der Waals surface area contributed by atoms with Gasteiger partial charge in [-0.25, -0.2) is 0 Å². The van der Waals surface area contributed by atoms with Gasteiger partial charge in [0.1, 0.15) is 11.5 Å². The Morgan fingerprint density at radius 1 is 1.54 bits per heavy atom. The third kappa shape index (κ3) is 3.01. The molecule has 0 heterocycles. The summed E-state index contributed by atoms with van der Waals surface area (Å²) < 4.78 is 0. The third-order valence-corrected chi connectivity index (χ3v) is 2.49. The van der Waals surface area contributed by atoms with Gasteiger partial charge in [0, 0.05) is 6.42 Å². The highest BCUT2D eigenvalue weighted by molar-refractivity contribution is 9.09. The zero-order valence-corrected chi connectivity index (χ0v) is 9.10. The molecule has 4 heteroatoms. The Balaban J connectivity index is 2.79. The van der Waals surface area contributed by atoms with Crippen LogP contribution in [0.5, 0.6) is 5.75 Å². The minimum atomic E-state index is 0.0386. The first-order valence-electron chi connectivity index (χ1n) is 3.68. The molecule has 0 saturated carbocycles. The lowest BCUT2D eigenvalue weighted by Gasteiger charge is -2.00. The molecule has 0 amide bonds. The predicted molar refractivity (Wildman–Crippen MR) is 55.6 cm³/mol. The van der Waals surface area contributed by atoms with Crippen LogP contribution in [0.25, 0.3) is 0 Å². The number of phenols is 1. The zero-order chi connectivity index (χ0) is 9.84. The molecule has 0 spiro atoms. The quantitative estimate of drug-likeness (QED) is 0.851. The fraction of sp³-hybridized carbons (Fsp3) is 0.222. The van der Waals surface area contributed by atoms with Crippen molar-refractivity contribution < 1.29 is 9.90 Å². The molecule has 0 aliphatic carbocycles. The molecule has 0 unspecified atom stereocenters. The number of ketones is 1. The van der Waals surface area contributed by atoms with Crippen LogP contribution in [0.15, 0.2) is 18.2 Å². The number of benzene rings is 1. The van der Waals surface area contributed by atoms with Gasteiger partial charge in [-0.3, -0.25) is 4.79 Å². The van der Waals surface area contributed by atoms with Crippen molar-refractivity contribution in [3.63, 3.8) is 0 Å². The van der Waals surface area contributed by atoms with Gasteiger partial charge in [0.15, 0.2) is 0 Å². The predicted octanol–water partition coefficient (Wildman–Crippen LogP) is 2.55. The fourth-order valence-electron chi connectivity index (χ4n) is 0.935. The van der Waals surface area contributed by atoms with E-state index in [9.17, 15) is 4.79 Å². The molecule has 1 N–H and O–H groups in total. The van der Waals surface area contributed by atoms with E-state index >= 15 is 0 Å². The summed E-state index contributed by atoms with van der Waals surface area (Å²) in [4.78, 5) is 11.0. The summed E-state index contributed by atoms with van der Waals surface area (Å²) in [5.41, 5.74) is 0.812. The number of carbonyl (C=O) groups excluding carboxylic acids is 1. The standard InChI is InChI=1S/C9H8BrClO2/c10-5-7(12)3-6-1-2-9(13)8(11)4-6/h1-2,4,13H,3,5H2. The molecule has 1 aromatic carbocycles. The highest BCUT2D eigenvalue weighted by Gasteiger charge is 2.04. The summed E-state index contributed by atoms with van der Waals surface area (Å²) in [6, 6.07) is 4.76. The van der Waals surface area contributed by atoms with Crippen molar-refractivity contribution in [1.82, 2.24) is 0 Å². The molecule has 0 aliphatic rings. The van der Waals surface area contributed by atoms with E-state index in [0.29, 0.717) is 11.8 Å². The monoisotopic (exact) mass is 262 g/mol. The number of alkyl halides is 1. The molecule has 0 bridgehead atoms. The Hall–Kier alpha value is -0.540. The summed E-state index contributed by atoms with van der Waals surface area (Å²) in [6.07, 6.45) is 0.339. The Bertz CT molecular complexity index is 325. The fourth-order valence-corrected chi connectivity index (χ4v) is 1.34. The largest absolute Gasteiger partial charge is 0.506 e. The van der Waals surface area contributed by atoms with Crippen LogP contribution in [0.1, 0.15) is 5.56 Å². The topological polar surface area (TPSA) is 37.3 Å². The minimum absolute atomic E-state index is 0.0386. The van der Waals surface area contributed by atoms with Crippen LogP contribution in [-0.4, -0.2) is 16.2 Å². The maximum Gasteiger partial charge on any atom is 0.147 e. The van der Waals surface area contributed by atoms with Gasteiger partial charge in [0.05, 0.1) is 10.4 Å². The van der Waals surface area contributed by atoms with Crippen LogP contribution < -0.4 is 0 Å². The maximum absolute atomic E-state index is 11.0. The molecule has 0 aromatic heterocycles. The number of Topliss-reactive ketones (excluding diaryl/α,β-unsaturated/α-hetero) is 1. The van der Waals surface area contributed by atoms with Crippen LogP contribution >= 0.6 is 27.5 Å². The molecule has 70 valence electrons. The van der Waals surface area contributed by atoms with Crippen molar-refractivity contribution in [1.29, 1.82) is 0 Å². The van der Waals surface area contributed by atoms with Gasteiger partial charge in [-0.15, -0.1) is 0 Å². The van der Waals surface area contributed by atoms with Crippen molar-refractivity contribution >= 4 is 33.3 Å². The molecule has 1 aromatic rings. The first-order valence-corrected chi connectivity index (χ1v) is 5.18. The number of hydrogen-bond acceptors (Lipinski definition) is 2. The van der Waals surface area contributed by atoms with E-state index in [1.807, 2.05) is 0 Å². The Labute approximate surface area is 89.7 Å². The first-order chi connectivity index (χ1) is 6.13. The van der Waals surface area contributed by atoms with Crippen LogP contribution in [0.2, 0.25) is 5.02 Å². The molecule has 1 rings (SSSR count). The summed E-state index contributed by atoms with van der Waals surface area (Å²) in [7, 11) is 0. The number of halogens is 2. The second kappa shape index (κ2) is 4.63. The molecule has 13 heavy (non-hydrogen) atoms. The molecule has 0 saturated heterocycles. The van der Waals surface area contributed by atoms with Crippen molar-refractivity contribution in [2.75, 3.05) is 5.33 Å². The molecular formula is C9H8BrClO2. The van der Waals surface area contributed by atoms with Crippen molar-refractivity contribution in [2.24, 2.45) is 0 Å². The maximum atomic E-state index is 11.0. The van der Waals surface area contributed by atoms with Crippen LogP contribution in [0, 0.1) is 0 Å². The molecule has 0 radical (unpaired) electrons. The van der Waals surface area contributed by atoms with E-state index < -0.39 is 0 Å². The average Bonchev–Trinajstić information content (AvgIpc) is 2.11. The zero-order valence-electron chi connectivity index (χ0n) is 6.76. The van der Waals surface area contributed by atoms with E-state index in [0.717, 1.165) is 5.56 Å². The number of phenolic OH excluding ortho intramolecular Hbond substituents is 1. The van der Waals surface area contributed by atoms with Crippen LogP contribution in [-0.2, 0) is 11.2 Å². The van der Waals surface area contributed by atoms with Gasteiger partial charge in [-0.2, -0.15) is 0 Å². The van der Waals surface area contributed by atoms with Gasteiger partial charge in [-0.05, 0) is 17.7 Å². The highest BCUT2D eigenvalue weighted by Crippen LogP contribution is 2.23. The second-order valence-corrected chi connectivity index (χ2v) is 3.60. The van der Waals surface area contributed by atoms with E-state index in [1.165, 1.54) is 6.07 Å². The van der Waals surface area contributed by atoms with E-state index in [4.69, 9.17) is 16.7 Å². The van der Waals surface area contributed by atoms with Crippen LogP contribution in [0.4, 0.5) is 0 Å². The molecule has 0 aliphatic heterocycles. The lowest BCUT2D eigenvalue weighted by atomic mass is 10.1. The van der Waals surface area contributed by atoms with Gasteiger partial charge in [-0.1, -0.05) is 33.6 Å².